The molecule has 0 spiro atoms. The molecular formula is C17H30O2Si. The van der Waals surface area contributed by atoms with Crippen LogP contribution in [0.4, 0.5) is 0 Å². The Balaban J connectivity index is 2.23. The molecule has 0 amide bonds. The third kappa shape index (κ3) is 2.80. The fourth-order valence-electron chi connectivity index (χ4n) is 3.20. The lowest BCUT2D eigenvalue weighted by atomic mass is 9.94. The van der Waals surface area contributed by atoms with E-state index in [1.807, 2.05) is 6.92 Å². The molecule has 0 aromatic carbocycles. The smallest absolute Gasteiger partial charge is 0.193 e. The van der Waals surface area contributed by atoms with Gasteiger partial charge in [0, 0.05) is 5.92 Å². The number of carbonyl (C=O) groups excluding carboxylic acids is 1. The van der Waals surface area contributed by atoms with Crippen molar-refractivity contribution in [2.45, 2.75) is 84.0 Å². The molecule has 0 radical (unpaired) electrons. The Bertz CT molecular complexity index is 429. The highest BCUT2D eigenvalue weighted by atomic mass is 28.4. The van der Waals surface area contributed by atoms with Gasteiger partial charge in [0.15, 0.2) is 14.1 Å². The van der Waals surface area contributed by atoms with Crippen LogP contribution in [0.25, 0.3) is 0 Å². The van der Waals surface area contributed by atoms with Gasteiger partial charge in [-0.15, -0.1) is 0 Å². The number of hydrogen-bond acceptors (Lipinski definition) is 2. The van der Waals surface area contributed by atoms with Gasteiger partial charge in [0.2, 0.25) is 0 Å². The summed E-state index contributed by atoms with van der Waals surface area (Å²) in [6, 6.07) is 0. The van der Waals surface area contributed by atoms with Gasteiger partial charge in [0.05, 0.1) is 0 Å². The van der Waals surface area contributed by atoms with Gasteiger partial charge >= 0.3 is 0 Å². The van der Waals surface area contributed by atoms with Crippen molar-refractivity contribution in [2.24, 2.45) is 5.92 Å². The quantitative estimate of drug-likeness (QED) is 0.680. The summed E-state index contributed by atoms with van der Waals surface area (Å²) < 4.78 is 6.52. The van der Waals surface area contributed by atoms with Gasteiger partial charge in [-0.3, -0.25) is 4.79 Å². The number of hydrogen-bond donors (Lipinski definition) is 0. The Morgan fingerprint density at radius 1 is 1.15 bits per heavy atom. The Morgan fingerprint density at radius 3 is 2.40 bits per heavy atom. The van der Waals surface area contributed by atoms with Crippen molar-refractivity contribution in [3.63, 3.8) is 0 Å². The minimum Gasteiger partial charge on any atom is -0.406 e. The van der Waals surface area contributed by atoms with Crippen LogP contribution in [0, 0.1) is 5.92 Å². The third-order valence-corrected chi connectivity index (χ3v) is 10.1. The highest BCUT2D eigenvalue weighted by Gasteiger charge is 2.47. The van der Waals surface area contributed by atoms with Gasteiger partial charge in [0.1, 0.15) is 6.10 Å². The lowest BCUT2D eigenvalue weighted by molar-refractivity contribution is -0.122. The largest absolute Gasteiger partial charge is 0.406 e. The van der Waals surface area contributed by atoms with Gasteiger partial charge < -0.3 is 4.43 Å². The predicted molar refractivity (Wildman–Crippen MR) is 86.4 cm³/mol. The summed E-state index contributed by atoms with van der Waals surface area (Å²) in [5.74, 6) is 0.649. The van der Waals surface area contributed by atoms with Crippen LogP contribution in [0.1, 0.15) is 59.8 Å². The molecule has 1 fully saturated rings. The van der Waals surface area contributed by atoms with E-state index in [0.717, 1.165) is 18.4 Å². The predicted octanol–water partition coefficient (Wildman–Crippen LogP) is 4.86. The first-order valence-corrected chi connectivity index (χ1v) is 11.0. The fourth-order valence-corrected chi connectivity index (χ4v) is 4.46. The molecule has 0 heterocycles. The van der Waals surface area contributed by atoms with E-state index in [0.29, 0.717) is 5.92 Å². The summed E-state index contributed by atoms with van der Waals surface area (Å²) >= 11 is 0. The summed E-state index contributed by atoms with van der Waals surface area (Å²) in [5, 5.41) is 0.161. The monoisotopic (exact) mass is 294 g/mol. The average molecular weight is 295 g/mol. The summed E-state index contributed by atoms with van der Waals surface area (Å²) in [6.45, 7) is 13.3. The molecule has 2 atom stereocenters. The molecule has 20 heavy (non-hydrogen) atoms. The first kappa shape index (κ1) is 16.0. The maximum absolute atomic E-state index is 12.6. The van der Waals surface area contributed by atoms with E-state index in [-0.39, 0.29) is 16.9 Å². The Morgan fingerprint density at radius 2 is 1.80 bits per heavy atom. The van der Waals surface area contributed by atoms with Crippen LogP contribution in [0.5, 0.6) is 0 Å². The van der Waals surface area contributed by atoms with Crippen molar-refractivity contribution in [1.29, 1.82) is 0 Å². The second-order valence-electron chi connectivity index (χ2n) is 8.02. The molecule has 1 saturated carbocycles. The van der Waals surface area contributed by atoms with Crippen LogP contribution in [0.2, 0.25) is 18.1 Å². The summed E-state index contributed by atoms with van der Waals surface area (Å²) in [4.78, 5) is 12.6. The van der Waals surface area contributed by atoms with Crippen molar-refractivity contribution in [3.8, 4) is 0 Å². The minimum absolute atomic E-state index is 0.161. The lowest BCUT2D eigenvalue weighted by Gasteiger charge is -2.39. The molecule has 2 nitrogen and oxygen atoms in total. The summed E-state index contributed by atoms with van der Waals surface area (Å²) in [5.41, 5.74) is 2.43. The molecule has 0 aromatic rings. The van der Waals surface area contributed by atoms with Gasteiger partial charge in [-0.25, -0.2) is 0 Å². The van der Waals surface area contributed by atoms with Crippen LogP contribution in [0.15, 0.2) is 11.1 Å². The zero-order valence-electron chi connectivity index (χ0n) is 14.0. The second-order valence-corrected chi connectivity index (χ2v) is 12.8. The molecule has 2 aliphatic carbocycles. The Kier molecular flexibility index (Phi) is 4.32. The van der Waals surface area contributed by atoms with E-state index in [4.69, 9.17) is 4.43 Å². The molecule has 2 aliphatic rings. The third-order valence-electron chi connectivity index (χ3n) is 5.61. The van der Waals surface area contributed by atoms with E-state index in [1.54, 1.807) is 0 Å². The van der Waals surface area contributed by atoms with Crippen LogP contribution >= 0.6 is 0 Å². The lowest BCUT2D eigenvalue weighted by Crippen LogP contribution is -2.47. The molecule has 0 N–H and O–H groups in total. The van der Waals surface area contributed by atoms with Gasteiger partial charge in [0.25, 0.3) is 0 Å². The molecule has 0 bridgehead atoms. The minimum atomic E-state index is -1.88. The van der Waals surface area contributed by atoms with Crippen LogP contribution < -0.4 is 0 Å². The number of Topliss-reactive ketones (excluding diaryl/α,β-unsaturated/α-hetero) is 1. The average Bonchev–Trinajstić information content (AvgIpc) is 2.54. The molecule has 114 valence electrons. The van der Waals surface area contributed by atoms with E-state index in [9.17, 15) is 4.79 Å². The van der Waals surface area contributed by atoms with Crippen molar-refractivity contribution < 1.29 is 9.22 Å². The molecule has 0 aromatic heterocycles. The number of ketones is 1. The Labute approximate surface area is 125 Å². The first-order valence-electron chi connectivity index (χ1n) is 8.07. The number of carbonyl (C=O) groups is 1. The standard InChI is InChI=1S/C17H30O2Si/c1-12-13-10-8-7-9-11-14(13)16(15(12)18)19-20(5,6)17(2,3)4/h14,16H,7-11H2,1-6H3. The zero-order chi connectivity index (χ0) is 15.1. The zero-order valence-corrected chi connectivity index (χ0v) is 15.0. The number of rotatable bonds is 2. The van der Waals surface area contributed by atoms with Crippen molar-refractivity contribution in [3.05, 3.63) is 11.1 Å². The van der Waals surface area contributed by atoms with Gasteiger partial charge in [-0.2, -0.15) is 0 Å². The SMILES string of the molecule is CC1=C2CCCCCC2C(O[Si](C)(C)C(C)(C)C)C1=O. The van der Waals surface area contributed by atoms with Gasteiger partial charge in [-0.1, -0.05) is 39.2 Å². The highest BCUT2D eigenvalue weighted by Crippen LogP contribution is 2.44. The summed E-state index contributed by atoms with van der Waals surface area (Å²) in [7, 11) is -1.88. The van der Waals surface area contributed by atoms with E-state index >= 15 is 0 Å². The van der Waals surface area contributed by atoms with Crippen molar-refractivity contribution >= 4 is 14.1 Å². The van der Waals surface area contributed by atoms with Crippen LogP contribution in [0.3, 0.4) is 0 Å². The van der Waals surface area contributed by atoms with E-state index in [2.05, 4.69) is 33.9 Å². The molecular weight excluding hydrogens is 264 g/mol. The van der Waals surface area contributed by atoms with Crippen LogP contribution in [-0.2, 0) is 9.22 Å². The molecule has 0 saturated heterocycles. The van der Waals surface area contributed by atoms with Crippen molar-refractivity contribution in [2.75, 3.05) is 0 Å². The van der Waals surface area contributed by atoms with E-state index in [1.165, 1.54) is 24.8 Å². The molecule has 3 heteroatoms. The Hall–Kier alpha value is -0.413. The maximum Gasteiger partial charge on any atom is 0.193 e. The number of fused-ring (bicyclic) bond motifs is 1. The first-order chi connectivity index (χ1) is 9.15. The maximum atomic E-state index is 12.6. The second kappa shape index (κ2) is 5.41. The van der Waals surface area contributed by atoms with Gasteiger partial charge in [-0.05, 0) is 49.9 Å². The normalized spacial score (nSPS) is 28.6. The highest BCUT2D eigenvalue weighted by molar-refractivity contribution is 6.74. The molecule has 2 unspecified atom stereocenters. The molecule has 2 rings (SSSR count). The van der Waals surface area contributed by atoms with E-state index < -0.39 is 8.32 Å². The molecule has 0 aliphatic heterocycles. The summed E-state index contributed by atoms with van der Waals surface area (Å²) in [6.07, 6.45) is 5.85. The van der Waals surface area contributed by atoms with Crippen LogP contribution in [-0.4, -0.2) is 20.2 Å². The van der Waals surface area contributed by atoms with Crippen molar-refractivity contribution in [1.82, 2.24) is 0 Å². The fraction of sp³-hybridized carbons (Fsp3) is 0.824. The topological polar surface area (TPSA) is 26.3 Å².